The van der Waals surface area contributed by atoms with Gasteiger partial charge in [0.1, 0.15) is 24.1 Å². The third-order valence-corrected chi connectivity index (χ3v) is 10.9. The fourth-order valence-electron chi connectivity index (χ4n) is 8.20. The number of alkyl halides is 2. The Balaban J connectivity index is 1.44. The molecule has 8 unspecified atom stereocenters. The van der Waals surface area contributed by atoms with E-state index < -0.39 is 77.2 Å². The lowest BCUT2D eigenvalue weighted by Gasteiger charge is -2.36. The lowest BCUT2D eigenvalue weighted by atomic mass is 9.84. The number of rotatable bonds is 3. The van der Waals surface area contributed by atoms with Crippen LogP contribution in [-0.2, 0) is 20.2 Å². The number of amides is 2. The molecule has 262 valence electrons. The Bertz CT molecular complexity index is 1580. The predicted octanol–water partition coefficient (Wildman–Crippen LogP) is 6.81. The molecule has 2 aliphatic carbocycles. The molecular weight excluding hydrogens is 625 g/mol. The van der Waals surface area contributed by atoms with Crippen LogP contribution in [0.4, 0.5) is 18.0 Å². The fraction of sp³-hybridized carbons (Fsp3) is 0.694. The van der Waals surface area contributed by atoms with Crippen LogP contribution in [0.1, 0.15) is 92.2 Å². The van der Waals surface area contributed by atoms with Crippen LogP contribution in [0, 0.1) is 40.8 Å². The second-order valence-corrected chi connectivity index (χ2v) is 15.6. The van der Waals surface area contributed by atoms with Crippen LogP contribution in [0.2, 0.25) is 0 Å². The van der Waals surface area contributed by atoms with E-state index in [-0.39, 0.29) is 41.8 Å². The summed E-state index contributed by atoms with van der Waals surface area (Å²) in [5.41, 5.74) is -1.23. The molecule has 6 rings (SSSR count). The van der Waals surface area contributed by atoms with Crippen LogP contribution < -0.4 is 10.1 Å². The fourth-order valence-corrected chi connectivity index (χ4v) is 8.20. The van der Waals surface area contributed by atoms with Crippen molar-refractivity contribution in [2.75, 3.05) is 6.54 Å². The average Bonchev–Trinajstić information content (AvgIpc) is 3.55. The van der Waals surface area contributed by atoms with Crippen molar-refractivity contribution in [2.45, 2.75) is 117 Å². The molecule has 2 amide bonds. The summed E-state index contributed by atoms with van der Waals surface area (Å²) < 4.78 is 58.8. The molecule has 3 heterocycles. The number of halogens is 3. The lowest BCUT2D eigenvalue weighted by Crippen LogP contribution is -2.58. The number of ether oxygens (including phenoxy) is 2. The van der Waals surface area contributed by atoms with Gasteiger partial charge in [0, 0.05) is 24.3 Å². The third-order valence-electron chi connectivity index (χ3n) is 10.9. The van der Waals surface area contributed by atoms with Gasteiger partial charge in [-0.25, -0.2) is 19.2 Å². The standard InChI is InChI=1S/C36H47F3N4O5/c1-7-21-27-17-43(28(21)29(44)18(2)3)33(45)31(35(4,5)6)42-34(46)48-26-15-19-14-23(19)22(26)10-8-9-13-36(38,39)30-32(47-27)41-25-16-20(37)11-12-24(25)40-30/h11-12,16,18-19,21-23,26-28,31H,7-10,13-15,17H2,1-6H3,(H,42,46). The van der Waals surface area contributed by atoms with E-state index in [0.717, 1.165) is 25.0 Å². The summed E-state index contributed by atoms with van der Waals surface area (Å²) in [5, 5.41) is 2.85. The van der Waals surface area contributed by atoms with Gasteiger partial charge in [-0.05, 0) is 67.4 Å². The summed E-state index contributed by atoms with van der Waals surface area (Å²) in [5.74, 6) is -5.24. The summed E-state index contributed by atoms with van der Waals surface area (Å²) >= 11 is 0. The van der Waals surface area contributed by atoms with E-state index in [1.807, 2.05) is 27.7 Å². The molecule has 12 heteroatoms. The van der Waals surface area contributed by atoms with Crippen molar-refractivity contribution in [1.82, 2.24) is 20.2 Å². The van der Waals surface area contributed by atoms with E-state index in [1.165, 1.54) is 11.0 Å². The van der Waals surface area contributed by atoms with Gasteiger partial charge >= 0.3 is 6.09 Å². The van der Waals surface area contributed by atoms with Crippen LogP contribution in [-0.4, -0.2) is 63.5 Å². The molecule has 1 saturated heterocycles. The van der Waals surface area contributed by atoms with E-state index >= 15 is 8.78 Å². The van der Waals surface area contributed by atoms with Crippen LogP contribution in [0.5, 0.6) is 5.88 Å². The van der Waals surface area contributed by atoms with E-state index in [2.05, 4.69) is 15.3 Å². The average molecular weight is 673 g/mol. The SMILES string of the molecule is CCC1C2CN(C(=O)C(C(C)(C)C)NC(=O)OC3CC4CC4C3CCCCC(F)(F)c3nc4ccc(F)cc4nc3O2)C1C(=O)C(C)C. The van der Waals surface area contributed by atoms with Gasteiger partial charge in [-0.1, -0.05) is 48.0 Å². The van der Waals surface area contributed by atoms with Crippen molar-refractivity contribution in [3.63, 3.8) is 0 Å². The van der Waals surface area contributed by atoms with Crippen LogP contribution in [0.3, 0.4) is 0 Å². The smallest absolute Gasteiger partial charge is 0.408 e. The number of carbonyl (C=O) groups excluding carboxylic acids is 3. The van der Waals surface area contributed by atoms with E-state index in [9.17, 15) is 18.8 Å². The zero-order chi connectivity index (χ0) is 34.7. The van der Waals surface area contributed by atoms with Crippen molar-refractivity contribution >= 4 is 28.8 Å². The molecule has 1 N–H and O–H groups in total. The Hall–Kier alpha value is -3.44. The molecule has 4 aliphatic rings. The molecule has 48 heavy (non-hydrogen) atoms. The molecule has 2 aliphatic heterocycles. The zero-order valence-electron chi connectivity index (χ0n) is 28.6. The molecule has 0 spiro atoms. The number of hydrogen-bond donors (Lipinski definition) is 1. The van der Waals surface area contributed by atoms with Crippen LogP contribution in [0.25, 0.3) is 11.0 Å². The van der Waals surface area contributed by atoms with Gasteiger partial charge in [0.25, 0.3) is 5.92 Å². The van der Waals surface area contributed by atoms with Gasteiger partial charge in [0.15, 0.2) is 11.5 Å². The highest BCUT2D eigenvalue weighted by Crippen LogP contribution is 2.58. The number of Topliss-reactive ketones (excluding diaryl/α,β-unsaturated/α-hetero) is 1. The van der Waals surface area contributed by atoms with Crippen molar-refractivity contribution < 1.29 is 37.0 Å². The summed E-state index contributed by atoms with van der Waals surface area (Å²) in [4.78, 5) is 51.8. The molecular formula is C36H47F3N4O5. The number of aromatic nitrogens is 2. The first-order valence-corrected chi connectivity index (χ1v) is 17.4. The molecule has 1 aromatic carbocycles. The molecule has 3 fully saturated rings. The van der Waals surface area contributed by atoms with E-state index in [4.69, 9.17) is 9.47 Å². The van der Waals surface area contributed by atoms with Gasteiger partial charge in [-0.15, -0.1) is 0 Å². The molecule has 2 bridgehead atoms. The molecule has 2 aromatic rings. The highest BCUT2D eigenvalue weighted by atomic mass is 19.3. The highest BCUT2D eigenvalue weighted by Gasteiger charge is 2.55. The van der Waals surface area contributed by atoms with Crippen LogP contribution in [0.15, 0.2) is 18.2 Å². The Morgan fingerprint density at radius 1 is 1.06 bits per heavy atom. The second-order valence-electron chi connectivity index (χ2n) is 15.6. The quantitative estimate of drug-likeness (QED) is 0.382. The van der Waals surface area contributed by atoms with Crippen molar-refractivity contribution in [3.05, 3.63) is 29.7 Å². The molecule has 9 nitrogen and oxygen atoms in total. The topological polar surface area (TPSA) is 111 Å². The first-order valence-electron chi connectivity index (χ1n) is 17.4. The Morgan fingerprint density at radius 2 is 1.81 bits per heavy atom. The molecule has 0 radical (unpaired) electrons. The minimum atomic E-state index is -3.43. The Kier molecular flexibility index (Phi) is 9.17. The van der Waals surface area contributed by atoms with Gasteiger partial charge in [-0.2, -0.15) is 8.78 Å². The molecule has 1 aromatic heterocycles. The number of nitrogens with zero attached hydrogens (tertiary/aromatic N) is 3. The molecule has 2 saturated carbocycles. The first-order chi connectivity index (χ1) is 22.6. The van der Waals surface area contributed by atoms with Crippen molar-refractivity contribution in [3.8, 4) is 5.88 Å². The van der Waals surface area contributed by atoms with E-state index in [1.54, 1.807) is 13.8 Å². The summed E-state index contributed by atoms with van der Waals surface area (Å²) in [6, 6.07) is 1.60. The summed E-state index contributed by atoms with van der Waals surface area (Å²) in [6.07, 6.45) is 1.03. The minimum Gasteiger partial charge on any atom is -0.471 e. The number of hydrogen-bond acceptors (Lipinski definition) is 7. The Morgan fingerprint density at radius 3 is 2.50 bits per heavy atom. The summed E-state index contributed by atoms with van der Waals surface area (Å²) in [7, 11) is 0. The van der Waals surface area contributed by atoms with Gasteiger partial charge < -0.3 is 19.7 Å². The first kappa shape index (κ1) is 34.4. The maximum Gasteiger partial charge on any atom is 0.408 e. The van der Waals surface area contributed by atoms with Gasteiger partial charge in [0.05, 0.1) is 23.6 Å². The van der Waals surface area contributed by atoms with Gasteiger partial charge in [0.2, 0.25) is 11.8 Å². The lowest BCUT2D eigenvalue weighted by molar-refractivity contribution is -0.143. The van der Waals surface area contributed by atoms with Crippen LogP contribution >= 0.6 is 0 Å². The predicted molar refractivity (Wildman–Crippen MR) is 172 cm³/mol. The second kappa shape index (κ2) is 12.8. The minimum absolute atomic E-state index is 0.0576. The number of benzene rings is 1. The normalized spacial score (nSPS) is 32.3. The number of alkyl carbamates (subject to hydrolysis) is 1. The van der Waals surface area contributed by atoms with Crippen molar-refractivity contribution in [2.24, 2.45) is 35.0 Å². The van der Waals surface area contributed by atoms with E-state index in [0.29, 0.717) is 31.1 Å². The van der Waals surface area contributed by atoms with Gasteiger partial charge in [-0.3, -0.25) is 9.59 Å². The summed E-state index contributed by atoms with van der Waals surface area (Å²) in [6.45, 7) is 10.7. The number of nitrogens with one attached hydrogen (secondary N) is 1. The number of fused-ring (bicyclic) bond motifs is 7. The van der Waals surface area contributed by atoms with Crippen molar-refractivity contribution in [1.29, 1.82) is 0 Å². The number of ketones is 1. The number of carbonyl (C=O) groups is 3. The largest absolute Gasteiger partial charge is 0.471 e. The maximum atomic E-state index is 16.2. The monoisotopic (exact) mass is 672 g/mol. The Labute approximate surface area is 279 Å². The zero-order valence-corrected chi connectivity index (χ0v) is 28.6. The molecule has 8 atom stereocenters. The maximum absolute atomic E-state index is 16.2. The third kappa shape index (κ3) is 6.60. The highest BCUT2D eigenvalue weighted by molar-refractivity contribution is 5.94.